The van der Waals surface area contributed by atoms with Crippen LogP contribution in [0, 0.1) is 0 Å². The normalized spacial score (nSPS) is 11.1. The highest BCUT2D eigenvalue weighted by molar-refractivity contribution is 5.85. The van der Waals surface area contributed by atoms with E-state index in [1.54, 1.807) is 4.57 Å². The van der Waals surface area contributed by atoms with Crippen molar-refractivity contribution in [3.63, 3.8) is 0 Å². The quantitative estimate of drug-likeness (QED) is 0.828. The van der Waals surface area contributed by atoms with Crippen molar-refractivity contribution in [1.82, 2.24) is 9.55 Å². The number of nitrogens with zero attached hydrogens (tertiary/aromatic N) is 2. The molecule has 0 saturated heterocycles. The van der Waals surface area contributed by atoms with Gasteiger partial charge in [0.1, 0.15) is 5.69 Å². The lowest BCUT2D eigenvalue weighted by Crippen LogP contribution is -2.15. The van der Waals surface area contributed by atoms with Crippen LogP contribution in [0.1, 0.15) is 44.2 Å². The van der Waals surface area contributed by atoms with Crippen molar-refractivity contribution >= 4 is 5.97 Å². The summed E-state index contributed by atoms with van der Waals surface area (Å²) < 4.78 is 7.00. The molecule has 0 amide bonds. The van der Waals surface area contributed by atoms with Crippen LogP contribution in [-0.2, 0) is 0 Å². The molecule has 1 aromatic rings. The Morgan fingerprint density at radius 2 is 2.07 bits per heavy atom. The molecule has 1 rings (SSSR count). The van der Waals surface area contributed by atoms with E-state index in [1.165, 1.54) is 6.20 Å². The molecule has 0 radical (unpaired) electrons. The fraction of sp³-hybridized carbons (Fsp3) is 0.600. The summed E-state index contributed by atoms with van der Waals surface area (Å²) >= 11 is 0. The molecule has 5 heteroatoms. The lowest BCUT2D eigenvalue weighted by molar-refractivity contribution is 0.0680. The fourth-order valence-corrected chi connectivity index (χ4v) is 1.30. The van der Waals surface area contributed by atoms with Gasteiger partial charge in [0.15, 0.2) is 0 Å². The second-order valence-electron chi connectivity index (χ2n) is 3.86. The number of carboxylic acid groups (broad SMARTS) is 1. The van der Waals surface area contributed by atoms with Crippen LogP contribution in [0.2, 0.25) is 0 Å². The van der Waals surface area contributed by atoms with Gasteiger partial charge in [0.2, 0.25) is 0 Å². The van der Waals surface area contributed by atoms with Crippen LogP contribution in [0.4, 0.5) is 0 Å². The first kappa shape index (κ1) is 11.6. The molecule has 0 fully saturated rings. The molecule has 0 saturated carbocycles. The van der Waals surface area contributed by atoms with Crippen molar-refractivity contribution in [3.8, 4) is 6.01 Å². The minimum atomic E-state index is -0.991. The Balaban J connectivity index is 3.12. The average Bonchev–Trinajstić information content (AvgIpc) is 2.46. The van der Waals surface area contributed by atoms with Gasteiger partial charge < -0.3 is 9.84 Å². The molecule has 84 valence electrons. The maximum absolute atomic E-state index is 10.9. The van der Waals surface area contributed by atoms with Crippen LogP contribution in [0.25, 0.3) is 0 Å². The summed E-state index contributed by atoms with van der Waals surface area (Å²) in [6.45, 7) is 7.53. The maximum Gasteiger partial charge on any atom is 0.354 e. The van der Waals surface area contributed by atoms with Crippen LogP contribution >= 0.6 is 0 Å². The third kappa shape index (κ3) is 2.49. The Morgan fingerprint density at radius 1 is 1.47 bits per heavy atom. The summed E-state index contributed by atoms with van der Waals surface area (Å²) in [5.41, 5.74) is 0.153. The monoisotopic (exact) mass is 212 g/mol. The Labute approximate surface area is 88.7 Å². The summed E-state index contributed by atoms with van der Waals surface area (Å²) in [7, 11) is 0. The first-order chi connectivity index (χ1) is 6.93. The highest BCUT2D eigenvalue weighted by Crippen LogP contribution is 2.20. The highest BCUT2D eigenvalue weighted by atomic mass is 16.5. The largest absolute Gasteiger partial charge is 0.477 e. The number of hydrogen-bond acceptors (Lipinski definition) is 3. The van der Waals surface area contributed by atoms with E-state index in [0.717, 1.165) is 0 Å². The Kier molecular flexibility index (Phi) is 3.34. The summed E-state index contributed by atoms with van der Waals surface area (Å²) in [5, 5.41) is 8.95. The second kappa shape index (κ2) is 4.33. The lowest BCUT2D eigenvalue weighted by Gasteiger charge is -2.15. The molecule has 0 aliphatic carbocycles. The smallest absolute Gasteiger partial charge is 0.354 e. The van der Waals surface area contributed by atoms with E-state index < -0.39 is 5.97 Å². The summed E-state index contributed by atoms with van der Waals surface area (Å²) in [4.78, 5) is 14.9. The Bertz CT molecular complexity index is 356. The molecule has 1 aromatic heterocycles. The minimum Gasteiger partial charge on any atom is -0.477 e. The van der Waals surface area contributed by atoms with Gasteiger partial charge in [0, 0.05) is 6.04 Å². The first-order valence-electron chi connectivity index (χ1n) is 4.90. The third-order valence-corrected chi connectivity index (χ3v) is 1.84. The first-order valence-corrected chi connectivity index (χ1v) is 4.90. The topological polar surface area (TPSA) is 64.3 Å². The molecule has 1 heterocycles. The van der Waals surface area contributed by atoms with Crippen LogP contribution in [-0.4, -0.2) is 26.7 Å². The van der Waals surface area contributed by atoms with E-state index in [1.807, 2.05) is 27.7 Å². The number of carboxylic acids is 1. The molecule has 15 heavy (non-hydrogen) atoms. The Morgan fingerprint density at radius 3 is 2.47 bits per heavy atom. The predicted octanol–water partition coefficient (Wildman–Crippen LogP) is 1.95. The summed E-state index contributed by atoms with van der Waals surface area (Å²) in [6, 6.07) is 0.366. The highest BCUT2D eigenvalue weighted by Gasteiger charge is 2.19. The van der Waals surface area contributed by atoms with Crippen LogP contribution in [0.3, 0.4) is 0 Å². The van der Waals surface area contributed by atoms with Crippen LogP contribution < -0.4 is 4.74 Å². The fourth-order valence-electron chi connectivity index (χ4n) is 1.30. The zero-order valence-corrected chi connectivity index (χ0v) is 9.39. The van der Waals surface area contributed by atoms with Gasteiger partial charge in [0.25, 0.3) is 6.01 Å². The van der Waals surface area contributed by atoms with Crippen LogP contribution in [0.15, 0.2) is 6.20 Å². The zero-order chi connectivity index (χ0) is 11.6. The van der Waals surface area contributed by atoms with E-state index in [0.29, 0.717) is 6.01 Å². The zero-order valence-electron chi connectivity index (χ0n) is 9.39. The molecular weight excluding hydrogens is 196 g/mol. The molecule has 0 spiro atoms. The van der Waals surface area contributed by atoms with Gasteiger partial charge in [-0.1, -0.05) is 0 Å². The maximum atomic E-state index is 10.9. The Hall–Kier alpha value is -1.52. The molecule has 0 atom stereocenters. The van der Waals surface area contributed by atoms with Gasteiger partial charge in [-0.3, -0.25) is 4.57 Å². The molecule has 0 aliphatic rings. The standard InChI is InChI=1S/C10H16N2O3/c1-6(2)12-8(9(13)14)5-11-10(12)15-7(3)4/h5-7H,1-4H3,(H,13,14). The average molecular weight is 212 g/mol. The van der Waals surface area contributed by atoms with Crippen molar-refractivity contribution in [2.24, 2.45) is 0 Å². The van der Waals surface area contributed by atoms with E-state index in [2.05, 4.69) is 4.98 Å². The molecule has 5 nitrogen and oxygen atoms in total. The van der Waals surface area contributed by atoms with E-state index in [9.17, 15) is 4.79 Å². The number of ether oxygens (including phenoxy) is 1. The summed E-state index contributed by atoms with van der Waals surface area (Å²) in [5.74, 6) is -0.991. The van der Waals surface area contributed by atoms with Crippen molar-refractivity contribution in [2.75, 3.05) is 0 Å². The second-order valence-corrected chi connectivity index (χ2v) is 3.86. The van der Waals surface area contributed by atoms with Gasteiger partial charge in [-0.15, -0.1) is 0 Å². The van der Waals surface area contributed by atoms with Crippen molar-refractivity contribution in [1.29, 1.82) is 0 Å². The third-order valence-electron chi connectivity index (χ3n) is 1.84. The summed E-state index contributed by atoms with van der Waals surface area (Å²) in [6.07, 6.45) is 1.30. The number of aromatic carboxylic acids is 1. The molecule has 0 aliphatic heterocycles. The van der Waals surface area contributed by atoms with Gasteiger partial charge in [-0.2, -0.15) is 0 Å². The van der Waals surface area contributed by atoms with Crippen molar-refractivity contribution < 1.29 is 14.6 Å². The van der Waals surface area contributed by atoms with Gasteiger partial charge in [-0.05, 0) is 27.7 Å². The molecule has 0 bridgehead atoms. The van der Waals surface area contributed by atoms with Gasteiger partial charge in [-0.25, -0.2) is 9.78 Å². The van der Waals surface area contributed by atoms with Crippen LogP contribution in [0.5, 0.6) is 6.01 Å². The number of hydrogen-bond donors (Lipinski definition) is 1. The van der Waals surface area contributed by atoms with Gasteiger partial charge >= 0.3 is 5.97 Å². The van der Waals surface area contributed by atoms with Gasteiger partial charge in [0.05, 0.1) is 12.3 Å². The predicted molar refractivity (Wildman–Crippen MR) is 55.3 cm³/mol. The number of rotatable bonds is 4. The minimum absolute atomic E-state index is 0.00681. The lowest BCUT2D eigenvalue weighted by atomic mass is 10.3. The van der Waals surface area contributed by atoms with E-state index >= 15 is 0 Å². The van der Waals surface area contributed by atoms with Crippen molar-refractivity contribution in [3.05, 3.63) is 11.9 Å². The molecular formula is C10H16N2O3. The van der Waals surface area contributed by atoms with E-state index in [-0.39, 0.29) is 17.8 Å². The van der Waals surface area contributed by atoms with Crippen molar-refractivity contribution in [2.45, 2.75) is 39.8 Å². The molecule has 0 unspecified atom stereocenters. The van der Waals surface area contributed by atoms with E-state index in [4.69, 9.17) is 9.84 Å². The molecule has 0 aromatic carbocycles. The SMILES string of the molecule is CC(C)Oc1ncc(C(=O)O)n1C(C)C. The number of carbonyl (C=O) groups is 1. The molecule has 1 N–H and O–H groups in total. The number of aromatic nitrogens is 2. The number of imidazole rings is 1.